The number of carbonyl (C=O) groups excluding carboxylic acids is 1. The number of hydrogen-bond donors (Lipinski definition) is 1. The van der Waals surface area contributed by atoms with E-state index in [1.165, 1.54) is 5.56 Å². The molecule has 0 aliphatic carbocycles. The van der Waals surface area contributed by atoms with Gasteiger partial charge in [0.25, 0.3) is 5.91 Å². The molecule has 1 amide bonds. The van der Waals surface area contributed by atoms with Crippen LogP contribution in [0.2, 0.25) is 0 Å². The number of nitrogens with one attached hydrogen (secondary N) is 1. The van der Waals surface area contributed by atoms with Crippen LogP contribution in [0.3, 0.4) is 0 Å². The van der Waals surface area contributed by atoms with E-state index in [-0.39, 0.29) is 5.91 Å². The molecule has 2 aromatic rings. The van der Waals surface area contributed by atoms with Gasteiger partial charge in [-0.1, -0.05) is 25.1 Å². The zero-order valence-corrected chi connectivity index (χ0v) is 15.2. The lowest BCUT2D eigenvalue weighted by Crippen LogP contribution is -2.25. The Morgan fingerprint density at radius 1 is 1.04 bits per heavy atom. The van der Waals surface area contributed by atoms with Crippen LogP contribution in [0.5, 0.6) is 11.5 Å². The first kappa shape index (κ1) is 17.7. The van der Waals surface area contributed by atoms with Gasteiger partial charge in [-0.25, -0.2) is 4.99 Å². The summed E-state index contributed by atoms with van der Waals surface area (Å²) in [5, 5.41) is 2.84. The zero-order chi connectivity index (χ0) is 18.5. The van der Waals surface area contributed by atoms with Gasteiger partial charge in [0, 0.05) is 12.0 Å². The number of hydrogen-bond acceptors (Lipinski definition) is 4. The molecular formula is C21H22N2O3. The molecule has 2 aromatic carbocycles. The van der Waals surface area contributed by atoms with Crippen LogP contribution in [0.4, 0.5) is 0 Å². The lowest BCUT2D eigenvalue weighted by Gasteiger charge is -2.07. The number of aryl methyl sites for hydroxylation is 1. The standard InChI is InChI=1S/C21H22N2O3/c1-4-14-7-10-19(26-3)16(11-14)13-18-21(24)23-20(22-18)12-15-5-8-17(25-2)9-6-15/h5-11,13H,4,12H2,1-3H3,(H,22,23,24)/b18-13+. The smallest absolute Gasteiger partial charge is 0.275 e. The summed E-state index contributed by atoms with van der Waals surface area (Å²) in [4.78, 5) is 16.7. The third kappa shape index (κ3) is 3.94. The van der Waals surface area contributed by atoms with Gasteiger partial charge in [-0.15, -0.1) is 0 Å². The number of carbonyl (C=O) groups is 1. The molecule has 1 aliphatic heterocycles. The van der Waals surface area contributed by atoms with Crippen molar-refractivity contribution in [1.82, 2.24) is 5.32 Å². The number of rotatable bonds is 6. The number of benzene rings is 2. The summed E-state index contributed by atoms with van der Waals surface area (Å²) < 4.78 is 10.6. The van der Waals surface area contributed by atoms with Crippen LogP contribution < -0.4 is 14.8 Å². The highest BCUT2D eigenvalue weighted by Crippen LogP contribution is 2.24. The lowest BCUT2D eigenvalue weighted by molar-refractivity contribution is -0.115. The molecule has 5 nitrogen and oxygen atoms in total. The number of amides is 1. The van der Waals surface area contributed by atoms with Gasteiger partial charge >= 0.3 is 0 Å². The number of aliphatic imine (C=N–C) groups is 1. The average molecular weight is 350 g/mol. The van der Waals surface area contributed by atoms with E-state index in [2.05, 4.69) is 17.2 Å². The van der Waals surface area contributed by atoms with Crippen molar-refractivity contribution in [2.24, 2.45) is 4.99 Å². The van der Waals surface area contributed by atoms with E-state index < -0.39 is 0 Å². The van der Waals surface area contributed by atoms with Crippen LogP contribution in [0.1, 0.15) is 23.6 Å². The summed E-state index contributed by atoms with van der Waals surface area (Å²) in [5.74, 6) is 1.96. The Bertz CT molecular complexity index is 867. The lowest BCUT2D eigenvalue weighted by atomic mass is 10.1. The number of amidine groups is 1. The highest BCUT2D eigenvalue weighted by Gasteiger charge is 2.20. The first-order valence-corrected chi connectivity index (χ1v) is 8.53. The maximum Gasteiger partial charge on any atom is 0.275 e. The van der Waals surface area contributed by atoms with Gasteiger partial charge in [0.1, 0.15) is 23.0 Å². The predicted molar refractivity (Wildman–Crippen MR) is 103 cm³/mol. The molecule has 0 atom stereocenters. The molecule has 0 spiro atoms. The normalized spacial score (nSPS) is 15.0. The molecule has 1 aliphatic rings. The monoisotopic (exact) mass is 350 g/mol. The van der Waals surface area contributed by atoms with Crippen molar-refractivity contribution < 1.29 is 14.3 Å². The number of methoxy groups -OCH3 is 2. The second-order valence-corrected chi connectivity index (χ2v) is 6.00. The molecule has 1 N–H and O–H groups in total. The molecular weight excluding hydrogens is 328 g/mol. The first-order chi connectivity index (χ1) is 12.6. The van der Waals surface area contributed by atoms with Crippen LogP contribution in [0.25, 0.3) is 6.08 Å². The van der Waals surface area contributed by atoms with Gasteiger partial charge < -0.3 is 14.8 Å². The second kappa shape index (κ2) is 7.87. The van der Waals surface area contributed by atoms with Crippen LogP contribution in [-0.2, 0) is 17.6 Å². The molecule has 26 heavy (non-hydrogen) atoms. The Kier molecular flexibility index (Phi) is 5.37. The molecule has 0 bridgehead atoms. The van der Waals surface area contributed by atoms with E-state index in [1.54, 1.807) is 20.3 Å². The minimum Gasteiger partial charge on any atom is -0.497 e. The van der Waals surface area contributed by atoms with E-state index in [9.17, 15) is 4.79 Å². The topological polar surface area (TPSA) is 59.9 Å². The van der Waals surface area contributed by atoms with E-state index in [1.807, 2.05) is 42.5 Å². The molecule has 0 fully saturated rings. The zero-order valence-electron chi connectivity index (χ0n) is 15.2. The molecule has 0 aromatic heterocycles. The summed E-state index contributed by atoms with van der Waals surface area (Å²) in [7, 11) is 3.26. The van der Waals surface area contributed by atoms with Gasteiger partial charge in [-0.05, 0) is 47.9 Å². The summed E-state index contributed by atoms with van der Waals surface area (Å²) in [6.45, 7) is 2.09. The molecule has 0 unspecified atom stereocenters. The minimum atomic E-state index is -0.197. The van der Waals surface area contributed by atoms with Gasteiger partial charge in [-0.3, -0.25) is 4.79 Å². The Morgan fingerprint density at radius 3 is 2.42 bits per heavy atom. The number of ether oxygens (including phenoxy) is 2. The fourth-order valence-electron chi connectivity index (χ4n) is 2.80. The van der Waals surface area contributed by atoms with Crippen molar-refractivity contribution in [2.75, 3.05) is 14.2 Å². The largest absolute Gasteiger partial charge is 0.497 e. The molecule has 1 heterocycles. The average Bonchev–Trinajstić information content (AvgIpc) is 3.01. The highest BCUT2D eigenvalue weighted by atomic mass is 16.5. The van der Waals surface area contributed by atoms with Gasteiger partial charge in [0.05, 0.1) is 14.2 Å². The van der Waals surface area contributed by atoms with Crippen molar-refractivity contribution in [2.45, 2.75) is 19.8 Å². The van der Waals surface area contributed by atoms with E-state index in [0.717, 1.165) is 29.0 Å². The van der Waals surface area contributed by atoms with Crippen molar-refractivity contribution in [1.29, 1.82) is 0 Å². The van der Waals surface area contributed by atoms with Crippen LogP contribution in [-0.4, -0.2) is 26.0 Å². The fourth-order valence-corrected chi connectivity index (χ4v) is 2.80. The summed E-state index contributed by atoms with van der Waals surface area (Å²) in [6, 6.07) is 13.7. The maximum absolute atomic E-state index is 12.3. The second-order valence-electron chi connectivity index (χ2n) is 6.00. The van der Waals surface area contributed by atoms with Crippen molar-refractivity contribution in [3.05, 3.63) is 64.9 Å². The van der Waals surface area contributed by atoms with E-state index >= 15 is 0 Å². The molecule has 134 valence electrons. The highest BCUT2D eigenvalue weighted by molar-refractivity contribution is 6.14. The Balaban J connectivity index is 1.84. The van der Waals surface area contributed by atoms with E-state index in [4.69, 9.17) is 9.47 Å². The van der Waals surface area contributed by atoms with Crippen molar-refractivity contribution >= 4 is 17.8 Å². The third-order valence-corrected chi connectivity index (χ3v) is 4.27. The molecule has 3 rings (SSSR count). The maximum atomic E-state index is 12.3. The Labute approximate surface area is 153 Å². The van der Waals surface area contributed by atoms with Crippen molar-refractivity contribution in [3.63, 3.8) is 0 Å². The van der Waals surface area contributed by atoms with Crippen LogP contribution >= 0.6 is 0 Å². The predicted octanol–water partition coefficient (Wildman–Crippen LogP) is 3.38. The Hall–Kier alpha value is -3.08. The number of nitrogens with zero attached hydrogens (tertiary/aromatic N) is 1. The van der Waals surface area contributed by atoms with E-state index in [0.29, 0.717) is 18.0 Å². The Morgan fingerprint density at radius 2 is 1.77 bits per heavy atom. The SMILES string of the molecule is CCc1ccc(OC)c(/C=C2/N=C(Cc3ccc(OC)cc3)NC2=O)c1. The summed E-state index contributed by atoms with van der Waals surface area (Å²) in [5.41, 5.74) is 3.47. The van der Waals surface area contributed by atoms with Crippen molar-refractivity contribution in [3.8, 4) is 11.5 Å². The molecule has 0 saturated heterocycles. The molecule has 0 saturated carbocycles. The quantitative estimate of drug-likeness (QED) is 0.813. The van der Waals surface area contributed by atoms with Crippen LogP contribution in [0, 0.1) is 0 Å². The first-order valence-electron chi connectivity index (χ1n) is 8.53. The van der Waals surface area contributed by atoms with Gasteiger partial charge in [0.15, 0.2) is 0 Å². The summed E-state index contributed by atoms with van der Waals surface area (Å²) in [6.07, 6.45) is 3.24. The minimum absolute atomic E-state index is 0.197. The van der Waals surface area contributed by atoms with Gasteiger partial charge in [-0.2, -0.15) is 0 Å². The third-order valence-electron chi connectivity index (χ3n) is 4.27. The van der Waals surface area contributed by atoms with Gasteiger partial charge in [0.2, 0.25) is 0 Å². The summed E-state index contributed by atoms with van der Waals surface area (Å²) >= 11 is 0. The van der Waals surface area contributed by atoms with Crippen LogP contribution in [0.15, 0.2) is 53.2 Å². The molecule has 5 heteroatoms. The fraction of sp³-hybridized carbons (Fsp3) is 0.238. The molecule has 0 radical (unpaired) electrons.